The molecule has 0 radical (unpaired) electrons. The van der Waals surface area contributed by atoms with E-state index in [9.17, 15) is 4.79 Å². The second-order valence-electron chi connectivity index (χ2n) is 9.46. The molecular formula is C29H30N2O7. The number of fused-ring (bicyclic) bond motifs is 3. The largest absolute Gasteiger partial charge is 0.493 e. The van der Waals surface area contributed by atoms with Crippen LogP contribution in [0, 0.1) is 0 Å². The van der Waals surface area contributed by atoms with Crippen molar-refractivity contribution in [3.63, 3.8) is 0 Å². The Morgan fingerprint density at radius 2 is 1.74 bits per heavy atom. The van der Waals surface area contributed by atoms with Gasteiger partial charge in [-0.3, -0.25) is 4.90 Å². The van der Waals surface area contributed by atoms with Crippen molar-refractivity contribution < 1.29 is 33.2 Å². The number of para-hydroxylation sites is 1. The lowest BCUT2D eigenvalue weighted by molar-refractivity contribution is 0.00869. The monoisotopic (exact) mass is 518 g/mol. The number of ether oxygens (including phenoxy) is 6. The Labute approximate surface area is 221 Å². The molecule has 1 N–H and O–H groups in total. The van der Waals surface area contributed by atoms with Crippen molar-refractivity contribution in [2.75, 3.05) is 47.0 Å². The predicted octanol–water partition coefficient (Wildman–Crippen LogP) is 4.49. The van der Waals surface area contributed by atoms with Gasteiger partial charge in [-0.1, -0.05) is 24.3 Å². The number of cyclic esters (lactones) is 1. The number of hydrogen-bond acceptors (Lipinski definition) is 9. The molecule has 3 aromatic rings. The number of esters is 1. The number of nitrogens with one attached hydrogen (secondary N) is 1. The summed E-state index contributed by atoms with van der Waals surface area (Å²) in [5.41, 5.74) is 5.23. The van der Waals surface area contributed by atoms with Gasteiger partial charge < -0.3 is 33.7 Å². The second kappa shape index (κ2) is 9.64. The minimum Gasteiger partial charge on any atom is -0.493 e. The highest BCUT2D eigenvalue weighted by Crippen LogP contribution is 2.57. The van der Waals surface area contributed by atoms with Gasteiger partial charge in [0, 0.05) is 35.5 Å². The van der Waals surface area contributed by atoms with E-state index in [1.807, 2.05) is 49.5 Å². The van der Waals surface area contributed by atoms with Crippen LogP contribution in [-0.2, 0) is 17.7 Å². The minimum absolute atomic E-state index is 0.117. The van der Waals surface area contributed by atoms with Crippen molar-refractivity contribution >= 4 is 11.7 Å². The third kappa shape index (κ3) is 3.68. The fourth-order valence-electron chi connectivity index (χ4n) is 5.86. The van der Waals surface area contributed by atoms with E-state index in [1.165, 1.54) is 7.11 Å². The standard InChI is InChI=1S/C29H30N2O7/c1-31-13-12-17-19(14-30-16-8-6-5-7-9-16)25-28(37-15-36-25)27(35-4)21(17)23(31)24-18-10-11-20(33-2)26(34-3)22(18)29(32)38-24/h5-11,23-24,30H,12-15H2,1-4H3/t23-,24?/m1/s1. The number of methoxy groups -OCH3 is 3. The van der Waals surface area contributed by atoms with Crippen molar-refractivity contribution in [1.29, 1.82) is 0 Å². The van der Waals surface area contributed by atoms with Crippen molar-refractivity contribution in [3.8, 4) is 28.7 Å². The Morgan fingerprint density at radius 3 is 2.47 bits per heavy atom. The number of carbonyl (C=O) groups is 1. The van der Waals surface area contributed by atoms with Gasteiger partial charge in [0.2, 0.25) is 12.5 Å². The van der Waals surface area contributed by atoms with Crippen LogP contribution in [0.4, 0.5) is 5.69 Å². The van der Waals surface area contributed by atoms with Crippen molar-refractivity contribution in [3.05, 3.63) is 70.3 Å². The van der Waals surface area contributed by atoms with Crippen LogP contribution >= 0.6 is 0 Å². The summed E-state index contributed by atoms with van der Waals surface area (Å²) in [7, 11) is 6.74. The lowest BCUT2D eigenvalue weighted by Gasteiger charge is -2.39. The lowest BCUT2D eigenvalue weighted by Crippen LogP contribution is -2.37. The van der Waals surface area contributed by atoms with Crippen LogP contribution in [0.2, 0.25) is 0 Å². The normalized spacial score (nSPS) is 19.4. The quantitative estimate of drug-likeness (QED) is 0.455. The molecule has 3 aliphatic rings. The predicted molar refractivity (Wildman–Crippen MR) is 140 cm³/mol. The van der Waals surface area contributed by atoms with Crippen LogP contribution in [0.1, 0.15) is 44.8 Å². The SMILES string of the molecule is COc1ccc2c(c1OC)C(=O)OC2[C@H]1c2c(c(CNc3ccccc3)c3c(c2OC)OCO3)CCN1C. The first kappa shape index (κ1) is 24.2. The number of anilines is 1. The maximum absolute atomic E-state index is 13.2. The van der Waals surface area contributed by atoms with E-state index in [-0.39, 0.29) is 12.8 Å². The van der Waals surface area contributed by atoms with Gasteiger partial charge in [0.1, 0.15) is 11.7 Å². The lowest BCUT2D eigenvalue weighted by atomic mass is 9.83. The van der Waals surface area contributed by atoms with Crippen LogP contribution in [-0.4, -0.2) is 52.6 Å². The number of benzene rings is 3. The van der Waals surface area contributed by atoms with Crippen molar-refractivity contribution in [1.82, 2.24) is 4.90 Å². The molecule has 0 aliphatic carbocycles. The zero-order valence-corrected chi connectivity index (χ0v) is 21.8. The smallest absolute Gasteiger partial charge is 0.343 e. The molecule has 9 nitrogen and oxygen atoms in total. The molecule has 2 atom stereocenters. The van der Waals surface area contributed by atoms with E-state index in [2.05, 4.69) is 10.2 Å². The van der Waals surface area contributed by atoms with Crippen molar-refractivity contribution in [2.45, 2.75) is 25.1 Å². The van der Waals surface area contributed by atoms with Gasteiger partial charge >= 0.3 is 5.97 Å². The molecule has 0 fully saturated rings. The second-order valence-corrected chi connectivity index (χ2v) is 9.46. The summed E-state index contributed by atoms with van der Waals surface area (Å²) in [6.07, 6.45) is 0.200. The molecule has 38 heavy (non-hydrogen) atoms. The molecule has 0 spiro atoms. The first-order valence-corrected chi connectivity index (χ1v) is 12.5. The Kier molecular flexibility index (Phi) is 6.15. The number of nitrogens with zero attached hydrogens (tertiary/aromatic N) is 1. The van der Waals surface area contributed by atoms with Crippen LogP contribution in [0.3, 0.4) is 0 Å². The maximum atomic E-state index is 13.2. The summed E-state index contributed by atoms with van der Waals surface area (Å²) < 4.78 is 35.0. The summed E-state index contributed by atoms with van der Waals surface area (Å²) >= 11 is 0. The first-order valence-electron chi connectivity index (χ1n) is 12.5. The highest BCUT2D eigenvalue weighted by Gasteiger charge is 2.47. The van der Waals surface area contributed by atoms with Gasteiger partial charge in [0.25, 0.3) is 0 Å². The Balaban J connectivity index is 1.50. The van der Waals surface area contributed by atoms with Gasteiger partial charge in [-0.15, -0.1) is 0 Å². The number of rotatable bonds is 7. The molecule has 3 heterocycles. The zero-order valence-electron chi connectivity index (χ0n) is 21.8. The molecule has 6 rings (SSSR count). The first-order chi connectivity index (χ1) is 18.6. The third-order valence-electron chi connectivity index (χ3n) is 7.57. The fraction of sp³-hybridized carbons (Fsp3) is 0.345. The van der Waals surface area contributed by atoms with Crippen LogP contribution < -0.4 is 29.0 Å². The molecule has 1 unspecified atom stereocenters. The molecule has 0 aromatic heterocycles. The Hall–Kier alpha value is -4.11. The van der Waals surface area contributed by atoms with E-state index in [1.54, 1.807) is 14.2 Å². The highest BCUT2D eigenvalue weighted by atomic mass is 16.7. The number of hydrogen-bond donors (Lipinski definition) is 1. The average molecular weight is 519 g/mol. The molecular weight excluding hydrogens is 488 g/mol. The highest BCUT2D eigenvalue weighted by molar-refractivity contribution is 5.98. The summed E-state index contributed by atoms with van der Waals surface area (Å²) in [5, 5.41) is 3.52. The third-order valence-corrected chi connectivity index (χ3v) is 7.57. The molecule has 0 amide bonds. The van der Waals surface area contributed by atoms with E-state index in [0.717, 1.165) is 40.9 Å². The van der Waals surface area contributed by atoms with E-state index >= 15 is 0 Å². The molecule has 0 saturated heterocycles. The molecule has 3 aliphatic heterocycles. The number of carbonyl (C=O) groups excluding carboxylic acids is 1. The van der Waals surface area contributed by atoms with Crippen LogP contribution in [0.25, 0.3) is 0 Å². The molecule has 0 saturated carbocycles. The summed E-state index contributed by atoms with van der Waals surface area (Å²) in [4.78, 5) is 15.4. The summed E-state index contributed by atoms with van der Waals surface area (Å²) in [6.45, 7) is 1.42. The minimum atomic E-state index is -0.578. The van der Waals surface area contributed by atoms with E-state index in [0.29, 0.717) is 40.9 Å². The summed E-state index contributed by atoms with van der Waals surface area (Å²) in [5.74, 6) is 2.30. The van der Waals surface area contributed by atoms with Gasteiger partial charge in [-0.2, -0.15) is 0 Å². The number of likely N-dealkylation sites (N-methyl/N-ethyl adjacent to an activating group) is 1. The fourth-order valence-corrected chi connectivity index (χ4v) is 5.86. The molecule has 198 valence electrons. The molecule has 0 bridgehead atoms. The summed E-state index contributed by atoms with van der Waals surface area (Å²) in [6, 6.07) is 13.4. The van der Waals surface area contributed by atoms with Crippen molar-refractivity contribution in [2.24, 2.45) is 0 Å². The van der Waals surface area contributed by atoms with E-state index in [4.69, 9.17) is 28.4 Å². The topological polar surface area (TPSA) is 87.7 Å². The van der Waals surface area contributed by atoms with Crippen LogP contribution in [0.5, 0.6) is 28.7 Å². The van der Waals surface area contributed by atoms with E-state index < -0.39 is 12.1 Å². The van der Waals surface area contributed by atoms with Gasteiger partial charge in [-0.25, -0.2) is 4.79 Å². The average Bonchev–Trinajstić information content (AvgIpc) is 3.56. The Morgan fingerprint density at radius 1 is 0.974 bits per heavy atom. The molecule has 9 heteroatoms. The maximum Gasteiger partial charge on any atom is 0.343 e. The molecule has 3 aromatic carbocycles. The van der Waals surface area contributed by atoms with Gasteiger partial charge in [-0.05, 0) is 37.2 Å². The Bertz CT molecular complexity index is 1390. The zero-order chi connectivity index (χ0) is 26.4. The van der Waals surface area contributed by atoms with Gasteiger partial charge in [0.15, 0.2) is 23.0 Å². The van der Waals surface area contributed by atoms with Gasteiger partial charge in [0.05, 0.1) is 27.4 Å². The van der Waals surface area contributed by atoms with Crippen LogP contribution in [0.15, 0.2) is 42.5 Å².